The van der Waals surface area contributed by atoms with Crippen molar-refractivity contribution in [2.45, 2.75) is 20.8 Å². The largest absolute Gasteiger partial charge is 0.197 e. The van der Waals surface area contributed by atoms with Crippen LogP contribution in [-0.2, 0) is 0 Å². The molecule has 1 aromatic heterocycles. The van der Waals surface area contributed by atoms with Gasteiger partial charge in [0.2, 0.25) is 0 Å². The highest BCUT2D eigenvalue weighted by Gasteiger charge is 1.90. The molecule has 0 atom stereocenters. The number of nitrogens with one attached hydrogen (secondary N) is 1. The first-order valence-corrected chi connectivity index (χ1v) is 4.45. The fraction of sp³-hybridized carbons (Fsp3) is 0.400. The average Bonchev–Trinajstić information content (AvgIpc) is 2.49. The van der Waals surface area contributed by atoms with Crippen molar-refractivity contribution in [2.75, 3.05) is 0 Å². The van der Waals surface area contributed by atoms with E-state index in [1.165, 1.54) is 0 Å². The molecule has 3 heteroatoms. The molecule has 0 fully saturated rings. The van der Waals surface area contributed by atoms with Gasteiger partial charge in [0.15, 0.2) is 0 Å². The molecular formula is C10H15N3. The standard InChI is InChI=1S/C6H5N3.C4H10/c1-2-4-6-5(3-1)7-9-8-6;1-4(2)3/h1-4H,(H,7,8,9);4H,1-3H3. The zero-order valence-electron chi connectivity index (χ0n) is 8.28. The van der Waals surface area contributed by atoms with Gasteiger partial charge in [-0.25, -0.2) is 0 Å². The van der Waals surface area contributed by atoms with Gasteiger partial charge in [-0.1, -0.05) is 32.9 Å². The van der Waals surface area contributed by atoms with Crippen molar-refractivity contribution >= 4 is 11.0 Å². The summed E-state index contributed by atoms with van der Waals surface area (Å²) >= 11 is 0. The van der Waals surface area contributed by atoms with Gasteiger partial charge in [0.1, 0.15) is 11.0 Å². The smallest absolute Gasteiger partial charge is 0.112 e. The maximum Gasteiger partial charge on any atom is 0.112 e. The highest BCUT2D eigenvalue weighted by Crippen LogP contribution is 2.03. The Morgan fingerprint density at radius 1 is 1.00 bits per heavy atom. The van der Waals surface area contributed by atoms with Gasteiger partial charge in [-0.15, -0.1) is 0 Å². The third-order valence-electron chi connectivity index (χ3n) is 1.22. The second-order valence-corrected chi connectivity index (χ2v) is 3.54. The van der Waals surface area contributed by atoms with E-state index in [1.54, 1.807) is 0 Å². The number of fused-ring (bicyclic) bond motifs is 1. The van der Waals surface area contributed by atoms with Gasteiger partial charge in [0.25, 0.3) is 0 Å². The molecule has 0 aliphatic heterocycles. The zero-order chi connectivity index (χ0) is 9.68. The van der Waals surface area contributed by atoms with E-state index in [1.807, 2.05) is 24.3 Å². The van der Waals surface area contributed by atoms with Crippen LogP contribution in [0.3, 0.4) is 0 Å². The van der Waals surface area contributed by atoms with Crippen molar-refractivity contribution in [3.05, 3.63) is 24.3 Å². The van der Waals surface area contributed by atoms with Crippen LogP contribution in [0.25, 0.3) is 11.0 Å². The number of rotatable bonds is 0. The van der Waals surface area contributed by atoms with E-state index in [4.69, 9.17) is 0 Å². The quantitative estimate of drug-likeness (QED) is 0.672. The van der Waals surface area contributed by atoms with E-state index in [0.717, 1.165) is 17.0 Å². The van der Waals surface area contributed by atoms with Crippen LogP contribution in [0.15, 0.2) is 24.3 Å². The first-order valence-electron chi connectivity index (χ1n) is 4.45. The molecule has 0 saturated carbocycles. The fourth-order valence-corrected chi connectivity index (χ4v) is 0.786. The molecule has 0 amide bonds. The molecule has 1 heterocycles. The predicted octanol–water partition coefficient (Wildman–Crippen LogP) is 2.62. The van der Waals surface area contributed by atoms with E-state index in [2.05, 4.69) is 36.2 Å². The summed E-state index contributed by atoms with van der Waals surface area (Å²) in [5.41, 5.74) is 1.83. The van der Waals surface area contributed by atoms with Crippen molar-refractivity contribution in [3.63, 3.8) is 0 Å². The normalized spacial score (nSPS) is 9.85. The lowest BCUT2D eigenvalue weighted by Gasteiger charge is -1.79. The molecular weight excluding hydrogens is 162 g/mol. The Hall–Kier alpha value is -1.38. The molecule has 2 aromatic rings. The summed E-state index contributed by atoms with van der Waals surface area (Å²) < 4.78 is 0. The van der Waals surface area contributed by atoms with Crippen molar-refractivity contribution < 1.29 is 0 Å². The first kappa shape index (κ1) is 9.71. The van der Waals surface area contributed by atoms with Crippen LogP contribution < -0.4 is 0 Å². The number of hydrogen-bond acceptors (Lipinski definition) is 2. The third kappa shape index (κ3) is 3.23. The van der Waals surface area contributed by atoms with E-state index >= 15 is 0 Å². The van der Waals surface area contributed by atoms with E-state index in [9.17, 15) is 0 Å². The minimum absolute atomic E-state index is 0.833. The molecule has 0 bridgehead atoms. The summed E-state index contributed by atoms with van der Waals surface area (Å²) in [6, 6.07) is 7.70. The van der Waals surface area contributed by atoms with Crippen molar-refractivity contribution in [3.8, 4) is 0 Å². The van der Waals surface area contributed by atoms with Crippen LogP contribution in [0.1, 0.15) is 20.8 Å². The highest BCUT2D eigenvalue weighted by molar-refractivity contribution is 5.72. The SMILES string of the molecule is CC(C)C.c1ccc2n[nH]nc2c1. The Morgan fingerprint density at radius 3 is 1.77 bits per heavy atom. The molecule has 2 rings (SSSR count). The Bertz CT molecular complexity index is 319. The van der Waals surface area contributed by atoms with Crippen LogP contribution in [0.2, 0.25) is 0 Å². The van der Waals surface area contributed by atoms with Gasteiger partial charge in [0.05, 0.1) is 0 Å². The third-order valence-corrected chi connectivity index (χ3v) is 1.22. The predicted molar refractivity (Wildman–Crippen MR) is 54.4 cm³/mol. The number of benzene rings is 1. The summed E-state index contributed by atoms with van der Waals surface area (Å²) in [6.07, 6.45) is 0. The molecule has 1 N–H and O–H groups in total. The van der Waals surface area contributed by atoms with E-state index in [0.29, 0.717) is 0 Å². The summed E-state index contributed by atoms with van der Waals surface area (Å²) in [6.45, 7) is 6.50. The lowest BCUT2D eigenvalue weighted by molar-refractivity contribution is 0.737. The van der Waals surface area contributed by atoms with E-state index in [-0.39, 0.29) is 0 Å². The Labute approximate surface area is 78.2 Å². The molecule has 13 heavy (non-hydrogen) atoms. The maximum atomic E-state index is 3.88. The second kappa shape index (κ2) is 4.60. The first-order chi connectivity index (χ1) is 6.20. The number of nitrogens with zero attached hydrogens (tertiary/aromatic N) is 2. The maximum absolute atomic E-state index is 3.88. The van der Waals surface area contributed by atoms with Crippen LogP contribution in [0.4, 0.5) is 0 Å². The van der Waals surface area contributed by atoms with Crippen molar-refractivity contribution in [1.29, 1.82) is 0 Å². The van der Waals surface area contributed by atoms with Crippen LogP contribution in [0, 0.1) is 5.92 Å². The monoisotopic (exact) mass is 177 g/mol. The Morgan fingerprint density at radius 2 is 1.38 bits per heavy atom. The summed E-state index contributed by atoms with van der Waals surface area (Å²) in [7, 11) is 0. The van der Waals surface area contributed by atoms with Gasteiger partial charge in [-0.05, 0) is 18.1 Å². The minimum atomic E-state index is 0.833. The number of para-hydroxylation sites is 2. The summed E-state index contributed by atoms with van der Waals surface area (Å²) in [5.74, 6) is 0.833. The molecule has 3 nitrogen and oxygen atoms in total. The second-order valence-electron chi connectivity index (χ2n) is 3.54. The van der Waals surface area contributed by atoms with Gasteiger partial charge >= 0.3 is 0 Å². The lowest BCUT2D eigenvalue weighted by atomic mass is 10.3. The molecule has 70 valence electrons. The van der Waals surface area contributed by atoms with Crippen LogP contribution >= 0.6 is 0 Å². The summed E-state index contributed by atoms with van der Waals surface area (Å²) in [4.78, 5) is 0. The van der Waals surface area contributed by atoms with Crippen molar-refractivity contribution in [2.24, 2.45) is 5.92 Å². The van der Waals surface area contributed by atoms with Crippen molar-refractivity contribution in [1.82, 2.24) is 15.4 Å². The van der Waals surface area contributed by atoms with Gasteiger partial charge in [-0.3, -0.25) is 0 Å². The Balaban J connectivity index is 0.000000184. The number of hydrogen-bond donors (Lipinski definition) is 1. The number of aromatic amines is 1. The fourth-order valence-electron chi connectivity index (χ4n) is 0.786. The number of aromatic nitrogens is 3. The molecule has 0 saturated heterocycles. The molecule has 0 radical (unpaired) electrons. The van der Waals surface area contributed by atoms with E-state index < -0.39 is 0 Å². The van der Waals surface area contributed by atoms with Gasteiger partial charge in [-0.2, -0.15) is 15.4 Å². The highest BCUT2D eigenvalue weighted by atomic mass is 15.3. The van der Waals surface area contributed by atoms with Gasteiger partial charge < -0.3 is 0 Å². The molecule has 0 unspecified atom stereocenters. The summed E-state index contributed by atoms with van der Waals surface area (Å²) in [5, 5.41) is 10.3. The minimum Gasteiger partial charge on any atom is -0.197 e. The van der Waals surface area contributed by atoms with Crippen LogP contribution in [-0.4, -0.2) is 15.4 Å². The van der Waals surface area contributed by atoms with Gasteiger partial charge in [0, 0.05) is 0 Å². The lowest BCUT2D eigenvalue weighted by Crippen LogP contribution is -1.66. The molecule has 0 aliphatic carbocycles. The molecule has 0 aliphatic rings. The molecule has 0 spiro atoms. The van der Waals surface area contributed by atoms with Crippen LogP contribution in [0.5, 0.6) is 0 Å². The zero-order valence-corrected chi connectivity index (χ0v) is 8.28. The average molecular weight is 177 g/mol. The Kier molecular flexibility index (Phi) is 3.43. The topological polar surface area (TPSA) is 41.6 Å². The number of H-pyrrole nitrogens is 1. The molecule has 1 aromatic carbocycles.